The fourth-order valence-electron chi connectivity index (χ4n) is 3.30. The van der Waals surface area contributed by atoms with Gasteiger partial charge in [-0.3, -0.25) is 9.59 Å². The molecule has 0 radical (unpaired) electrons. The molecule has 0 saturated heterocycles. The fraction of sp³-hybridized carbons (Fsp3) is 0.550. The van der Waals surface area contributed by atoms with Gasteiger partial charge < -0.3 is 19.9 Å². The van der Waals surface area contributed by atoms with E-state index in [0.29, 0.717) is 36.3 Å². The summed E-state index contributed by atoms with van der Waals surface area (Å²) >= 11 is 0. The number of ether oxygens (including phenoxy) is 2. The van der Waals surface area contributed by atoms with E-state index in [4.69, 9.17) is 9.47 Å². The highest BCUT2D eigenvalue weighted by atomic mass is 16.5. The molecule has 1 aliphatic carbocycles. The van der Waals surface area contributed by atoms with Gasteiger partial charge in [0.2, 0.25) is 5.91 Å². The molecule has 7 nitrogen and oxygen atoms in total. The first-order chi connectivity index (χ1) is 12.9. The molecule has 1 aromatic carbocycles. The zero-order valence-corrected chi connectivity index (χ0v) is 15.9. The molecule has 148 valence electrons. The van der Waals surface area contributed by atoms with Gasteiger partial charge in [0.1, 0.15) is 5.54 Å². The van der Waals surface area contributed by atoms with Crippen LogP contribution in [0.5, 0.6) is 11.5 Å². The van der Waals surface area contributed by atoms with Crippen LogP contribution in [-0.4, -0.2) is 42.0 Å². The average molecular weight is 377 g/mol. The Morgan fingerprint density at radius 3 is 2.44 bits per heavy atom. The van der Waals surface area contributed by atoms with Crippen molar-refractivity contribution in [3.8, 4) is 11.5 Å². The predicted molar refractivity (Wildman–Crippen MR) is 99.3 cm³/mol. The Balaban J connectivity index is 1.83. The largest absolute Gasteiger partial charge is 0.493 e. The van der Waals surface area contributed by atoms with Gasteiger partial charge in [0.15, 0.2) is 17.3 Å². The Morgan fingerprint density at radius 2 is 1.85 bits per heavy atom. The normalized spacial score (nSPS) is 15.6. The van der Waals surface area contributed by atoms with Crippen LogP contribution in [0.25, 0.3) is 0 Å². The van der Waals surface area contributed by atoms with E-state index in [1.165, 1.54) is 14.0 Å². The van der Waals surface area contributed by atoms with Crippen molar-refractivity contribution in [2.75, 3.05) is 13.7 Å². The smallest absolute Gasteiger partial charge is 0.329 e. The molecule has 7 heteroatoms. The number of Topliss-reactive ketones (excluding diaryl/α,β-unsaturated/α-hetero) is 1. The molecule has 0 unspecified atom stereocenters. The number of carbonyl (C=O) groups is 3. The molecule has 2 N–H and O–H groups in total. The van der Waals surface area contributed by atoms with Crippen molar-refractivity contribution >= 4 is 17.7 Å². The van der Waals surface area contributed by atoms with Gasteiger partial charge >= 0.3 is 5.97 Å². The van der Waals surface area contributed by atoms with E-state index in [1.54, 1.807) is 18.2 Å². The minimum absolute atomic E-state index is 0.0633. The number of ketones is 1. The van der Waals surface area contributed by atoms with Crippen LogP contribution >= 0.6 is 0 Å². The molecule has 0 heterocycles. The van der Waals surface area contributed by atoms with Gasteiger partial charge in [-0.05, 0) is 44.4 Å². The quantitative estimate of drug-likeness (QED) is 0.507. The number of hydrogen-bond acceptors (Lipinski definition) is 5. The van der Waals surface area contributed by atoms with Crippen molar-refractivity contribution in [3.63, 3.8) is 0 Å². The molecular formula is C20H27NO6. The predicted octanol–water partition coefficient (Wildman–Crippen LogP) is 2.96. The van der Waals surface area contributed by atoms with Gasteiger partial charge in [-0.2, -0.15) is 0 Å². The van der Waals surface area contributed by atoms with Crippen molar-refractivity contribution in [2.24, 2.45) is 0 Å². The van der Waals surface area contributed by atoms with Gasteiger partial charge in [-0.25, -0.2) is 4.79 Å². The number of hydrogen-bond donors (Lipinski definition) is 2. The number of methoxy groups -OCH3 is 1. The first kappa shape index (κ1) is 20.7. The van der Waals surface area contributed by atoms with E-state index >= 15 is 0 Å². The molecule has 1 aliphatic rings. The lowest BCUT2D eigenvalue weighted by Gasteiger charge is -2.34. The van der Waals surface area contributed by atoms with Crippen molar-refractivity contribution in [1.82, 2.24) is 5.32 Å². The molecule has 0 aromatic heterocycles. The van der Waals surface area contributed by atoms with Crippen LogP contribution in [0.2, 0.25) is 0 Å². The topological polar surface area (TPSA) is 102 Å². The first-order valence-corrected chi connectivity index (χ1v) is 9.24. The zero-order chi connectivity index (χ0) is 19.9. The minimum Gasteiger partial charge on any atom is -0.493 e. The third-order valence-corrected chi connectivity index (χ3v) is 4.87. The molecule has 0 spiro atoms. The van der Waals surface area contributed by atoms with E-state index in [9.17, 15) is 19.5 Å². The lowest BCUT2D eigenvalue weighted by molar-refractivity contribution is -0.149. The van der Waals surface area contributed by atoms with Crippen molar-refractivity contribution < 1.29 is 29.0 Å². The van der Waals surface area contributed by atoms with Crippen LogP contribution in [0.15, 0.2) is 18.2 Å². The van der Waals surface area contributed by atoms with Gasteiger partial charge in [-0.1, -0.05) is 19.3 Å². The Morgan fingerprint density at radius 1 is 1.15 bits per heavy atom. The molecule has 27 heavy (non-hydrogen) atoms. The van der Waals surface area contributed by atoms with E-state index in [-0.39, 0.29) is 24.7 Å². The Labute approximate surface area is 159 Å². The Bertz CT molecular complexity index is 694. The second-order valence-electron chi connectivity index (χ2n) is 6.87. The number of nitrogens with one attached hydrogen (secondary N) is 1. The van der Waals surface area contributed by atoms with Gasteiger partial charge in [0, 0.05) is 12.0 Å². The fourth-order valence-corrected chi connectivity index (χ4v) is 3.30. The lowest BCUT2D eigenvalue weighted by atomic mass is 9.81. The Hall–Kier alpha value is -2.57. The first-order valence-electron chi connectivity index (χ1n) is 9.24. The van der Waals surface area contributed by atoms with Crippen molar-refractivity contribution in [1.29, 1.82) is 0 Å². The summed E-state index contributed by atoms with van der Waals surface area (Å²) in [6, 6.07) is 4.94. The van der Waals surface area contributed by atoms with Crippen LogP contribution in [0.3, 0.4) is 0 Å². The zero-order valence-electron chi connectivity index (χ0n) is 15.9. The van der Waals surface area contributed by atoms with Crippen LogP contribution in [0.4, 0.5) is 0 Å². The molecule has 1 fully saturated rings. The maximum Gasteiger partial charge on any atom is 0.329 e. The van der Waals surface area contributed by atoms with E-state index < -0.39 is 11.5 Å². The summed E-state index contributed by atoms with van der Waals surface area (Å²) in [7, 11) is 1.50. The van der Waals surface area contributed by atoms with E-state index in [0.717, 1.165) is 19.3 Å². The summed E-state index contributed by atoms with van der Waals surface area (Å²) in [5, 5.41) is 12.2. The molecule has 0 atom stereocenters. The summed E-state index contributed by atoms with van der Waals surface area (Å²) in [5.74, 6) is -0.341. The number of carboxylic acids is 1. The molecular weight excluding hydrogens is 350 g/mol. The van der Waals surface area contributed by atoms with Crippen molar-refractivity contribution in [2.45, 2.75) is 57.4 Å². The van der Waals surface area contributed by atoms with Crippen molar-refractivity contribution in [3.05, 3.63) is 23.8 Å². The monoisotopic (exact) mass is 377 g/mol. The number of benzene rings is 1. The average Bonchev–Trinajstić information content (AvgIpc) is 2.65. The van der Waals surface area contributed by atoms with E-state index in [1.807, 2.05) is 0 Å². The second kappa shape index (κ2) is 9.39. The van der Waals surface area contributed by atoms with Gasteiger partial charge in [0.25, 0.3) is 0 Å². The summed E-state index contributed by atoms with van der Waals surface area (Å²) in [6.45, 7) is 1.76. The van der Waals surface area contributed by atoms with Crippen LogP contribution in [-0.2, 0) is 9.59 Å². The third kappa shape index (κ3) is 5.45. The van der Waals surface area contributed by atoms with Crippen LogP contribution in [0.1, 0.15) is 62.2 Å². The number of rotatable bonds is 9. The highest BCUT2D eigenvalue weighted by Gasteiger charge is 2.40. The number of amides is 1. The third-order valence-electron chi connectivity index (χ3n) is 4.87. The van der Waals surface area contributed by atoms with Crippen LogP contribution < -0.4 is 14.8 Å². The molecule has 1 saturated carbocycles. The lowest BCUT2D eigenvalue weighted by Crippen LogP contribution is -2.55. The summed E-state index contributed by atoms with van der Waals surface area (Å²) in [4.78, 5) is 35.2. The second-order valence-corrected chi connectivity index (χ2v) is 6.87. The molecule has 0 aliphatic heterocycles. The summed E-state index contributed by atoms with van der Waals surface area (Å²) < 4.78 is 10.9. The number of carbonyl (C=O) groups excluding carboxylic acids is 2. The maximum atomic E-state index is 12.2. The highest BCUT2D eigenvalue weighted by molar-refractivity contribution is 5.94. The highest BCUT2D eigenvalue weighted by Crippen LogP contribution is 2.29. The standard InChI is InChI=1S/C20H27NO6/c1-14(22)15-8-9-16(17(13-15)26-2)27-12-6-7-18(23)21-20(19(24)25)10-4-3-5-11-20/h8-9,13H,3-7,10-12H2,1-2H3,(H,21,23)(H,24,25). The SMILES string of the molecule is COc1cc(C(C)=O)ccc1OCCCC(=O)NC1(C(=O)O)CCCCC1. The number of carboxylic acid groups (broad SMARTS) is 1. The number of aliphatic carboxylic acids is 1. The molecule has 1 amide bonds. The maximum absolute atomic E-state index is 12.2. The molecule has 1 aromatic rings. The minimum atomic E-state index is -1.12. The Kier molecular flexibility index (Phi) is 7.21. The summed E-state index contributed by atoms with van der Waals surface area (Å²) in [6.07, 6.45) is 4.21. The van der Waals surface area contributed by atoms with Gasteiger partial charge in [0.05, 0.1) is 13.7 Å². The van der Waals surface area contributed by atoms with Crippen LogP contribution in [0, 0.1) is 0 Å². The van der Waals surface area contributed by atoms with Gasteiger partial charge in [-0.15, -0.1) is 0 Å². The summed E-state index contributed by atoms with van der Waals surface area (Å²) in [5.41, 5.74) is -0.591. The molecule has 0 bridgehead atoms. The molecule has 2 rings (SSSR count). The van der Waals surface area contributed by atoms with E-state index in [2.05, 4.69) is 5.32 Å².